The van der Waals surface area contributed by atoms with Gasteiger partial charge in [-0.25, -0.2) is 0 Å². The first-order chi connectivity index (χ1) is 12.6. The van der Waals surface area contributed by atoms with Gasteiger partial charge >= 0.3 is 0 Å². The Bertz CT molecular complexity index is 892. The Balaban J connectivity index is 1.77. The molecule has 1 heterocycles. The maximum atomic E-state index is 12.6. The summed E-state index contributed by atoms with van der Waals surface area (Å²) >= 11 is 1.44. The van der Waals surface area contributed by atoms with E-state index in [0.717, 1.165) is 27.8 Å². The topological polar surface area (TPSA) is 59.8 Å². The van der Waals surface area contributed by atoms with Gasteiger partial charge in [-0.2, -0.15) is 0 Å². The standard InChI is InChI=1S/C20H22N4OS/c1-4-17(19(25)21-15-11-6-5-7-12-15)26-20-23-22-18(24(20)3)16-13-9-8-10-14(16)2/h5-13,17H,4H2,1-3H3,(H,21,25). The first-order valence-electron chi connectivity index (χ1n) is 8.58. The van der Waals surface area contributed by atoms with Crippen LogP contribution in [0, 0.1) is 6.92 Å². The number of para-hydroxylation sites is 1. The normalized spacial score (nSPS) is 12.0. The van der Waals surface area contributed by atoms with E-state index in [1.54, 1.807) is 0 Å². The molecule has 2 aromatic carbocycles. The summed E-state index contributed by atoms with van der Waals surface area (Å²) < 4.78 is 1.95. The molecular weight excluding hydrogens is 344 g/mol. The zero-order valence-electron chi connectivity index (χ0n) is 15.1. The zero-order valence-corrected chi connectivity index (χ0v) is 16.0. The van der Waals surface area contributed by atoms with Crippen LogP contribution in [0.2, 0.25) is 0 Å². The summed E-state index contributed by atoms with van der Waals surface area (Å²) in [5, 5.41) is 12.1. The average Bonchev–Trinajstić information content (AvgIpc) is 3.01. The van der Waals surface area contributed by atoms with Crippen LogP contribution in [0.1, 0.15) is 18.9 Å². The minimum Gasteiger partial charge on any atom is -0.325 e. The predicted octanol–water partition coefficient (Wildman–Crippen LogP) is 4.30. The van der Waals surface area contributed by atoms with Crippen LogP contribution >= 0.6 is 11.8 Å². The predicted molar refractivity (Wildman–Crippen MR) is 106 cm³/mol. The maximum Gasteiger partial charge on any atom is 0.237 e. The fraction of sp³-hybridized carbons (Fsp3) is 0.250. The van der Waals surface area contributed by atoms with E-state index in [4.69, 9.17) is 0 Å². The number of thioether (sulfide) groups is 1. The van der Waals surface area contributed by atoms with Crippen LogP contribution in [-0.4, -0.2) is 25.9 Å². The van der Waals surface area contributed by atoms with Crippen LogP contribution in [0.5, 0.6) is 0 Å². The number of amides is 1. The fourth-order valence-electron chi connectivity index (χ4n) is 2.67. The summed E-state index contributed by atoms with van der Waals surface area (Å²) in [6.07, 6.45) is 0.704. The molecule has 1 aromatic heterocycles. The van der Waals surface area contributed by atoms with E-state index in [0.29, 0.717) is 6.42 Å². The van der Waals surface area contributed by atoms with E-state index in [1.807, 2.05) is 67.1 Å². The van der Waals surface area contributed by atoms with Gasteiger partial charge in [0.1, 0.15) is 0 Å². The van der Waals surface area contributed by atoms with Crippen molar-refractivity contribution >= 4 is 23.4 Å². The molecule has 0 bridgehead atoms. The van der Waals surface area contributed by atoms with Gasteiger partial charge in [-0.1, -0.05) is 61.2 Å². The van der Waals surface area contributed by atoms with E-state index in [9.17, 15) is 4.79 Å². The molecule has 1 N–H and O–H groups in total. The van der Waals surface area contributed by atoms with Crippen molar-refractivity contribution in [3.8, 4) is 11.4 Å². The molecule has 1 unspecified atom stereocenters. The number of anilines is 1. The van der Waals surface area contributed by atoms with E-state index in [2.05, 4.69) is 28.5 Å². The lowest BCUT2D eigenvalue weighted by molar-refractivity contribution is -0.115. The molecule has 0 aliphatic carbocycles. The number of rotatable bonds is 6. The van der Waals surface area contributed by atoms with Crippen LogP contribution in [0.15, 0.2) is 59.8 Å². The zero-order chi connectivity index (χ0) is 18.5. The summed E-state index contributed by atoms with van der Waals surface area (Å²) in [5.41, 5.74) is 3.00. The minimum absolute atomic E-state index is 0.0239. The molecule has 1 atom stereocenters. The van der Waals surface area contributed by atoms with Crippen LogP contribution in [0.3, 0.4) is 0 Å². The third-order valence-corrected chi connectivity index (χ3v) is 5.57. The van der Waals surface area contributed by atoms with E-state index in [1.165, 1.54) is 11.8 Å². The fourth-order valence-corrected chi connectivity index (χ4v) is 3.59. The smallest absolute Gasteiger partial charge is 0.237 e. The van der Waals surface area contributed by atoms with Gasteiger partial charge in [0, 0.05) is 18.3 Å². The summed E-state index contributed by atoms with van der Waals surface area (Å²) in [7, 11) is 1.94. The first kappa shape index (κ1) is 18.2. The van der Waals surface area contributed by atoms with Crippen molar-refractivity contribution in [2.24, 2.45) is 7.05 Å². The molecular formula is C20H22N4OS. The Morgan fingerprint density at radius 2 is 1.81 bits per heavy atom. The van der Waals surface area contributed by atoms with E-state index < -0.39 is 0 Å². The molecule has 0 aliphatic heterocycles. The van der Waals surface area contributed by atoms with Gasteiger partial charge in [-0.15, -0.1) is 10.2 Å². The number of carbonyl (C=O) groups is 1. The minimum atomic E-state index is -0.233. The lowest BCUT2D eigenvalue weighted by Crippen LogP contribution is -2.25. The number of aromatic nitrogens is 3. The summed E-state index contributed by atoms with van der Waals surface area (Å²) in [6.45, 7) is 4.06. The number of aryl methyl sites for hydroxylation is 1. The van der Waals surface area contributed by atoms with Crippen molar-refractivity contribution < 1.29 is 4.79 Å². The molecule has 6 heteroatoms. The van der Waals surface area contributed by atoms with Gasteiger partial charge in [-0.3, -0.25) is 4.79 Å². The Labute approximate surface area is 157 Å². The summed E-state index contributed by atoms with van der Waals surface area (Å²) in [4.78, 5) is 12.6. The van der Waals surface area contributed by atoms with Crippen molar-refractivity contribution in [2.45, 2.75) is 30.7 Å². The average molecular weight is 366 g/mol. The molecule has 0 radical (unpaired) electrons. The SMILES string of the molecule is CCC(Sc1nnc(-c2ccccc2C)n1C)C(=O)Nc1ccccc1. The lowest BCUT2D eigenvalue weighted by Gasteiger charge is -2.14. The van der Waals surface area contributed by atoms with Crippen LogP contribution in [-0.2, 0) is 11.8 Å². The number of hydrogen-bond donors (Lipinski definition) is 1. The molecule has 0 fully saturated rings. The number of hydrogen-bond acceptors (Lipinski definition) is 4. The number of carbonyl (C=O) groups excluding carboxylic acids is 1. The highest BCUT2D eigenvalue weighted by Gasteiger charge is 2.22. The molecule has 0 aliphatic rings. The van der Waals surface area contributed by atoms with Crippen LogP contribution < -0.4 is 5.32 Å². The van der Waals surface area contributed by atoms with Crippen molar-refractivity contribution in [1.29, 1.82) is 0 Å². The van der Waals surface area contributed by atoms with Gasteiger partial charge < -0.3 is 9.88 Å². The Hall–Kier alpha value is -2.60. The second-order valence-corrected chi connectivity index (χ2v) is 7.22. The molecule has 0 saturated heterocycles. The van der Waals surface area contributed by atoms with E-state index >= 15 is 0 Å². The van der Waals surface area contributed by atoms with Crippen molar-refractivity contribution in [1.82, 2.24) is 14.8 Å². The van der Waals surface area contributed by atoms with Gasteiger partial charge in [0.15, 0.2) is 11.0 Å². The number of benzene rings is 2. The van der Waals surface area contributed by atoms with Gasteiger partial charge in [0.25, 0.3) is 0 Å². The second-order valence-electron chi connectivity index (χ2n) is 6.05. The molecule has 3 aromatic rings. The lowest BCUT2D eigenvalue weighted by atomic mass is 10.1. The van der Waals surface area contributed by atoms with Crippen molar-refractivity contribution in [2.75, 3.05) is 5.32 Å². The third-order valence-electron chi connectivity index (χ3n) is 4.17. The second kappa shape index (κ2) is 8.19. The summed E-state index contributed by atoms with van der Waals surface area (Å²) in [6, 6.07) is 17.6. The number of nitrogens with one attached hydrogen (secondary N) is 1. The largest absolute Gasteiger partial charge is 0.325 e. The monoisotopic (exact) mass is 366 g/mol. The highest BCUT2D eigenvalue weighted by Crippen LogP contribution is 2.29. The van der Waals surface area contributed by atoms with Crippen molar-refractivity contribution in [3.63, 3.8) is 0 Å². The first-order valence-corrected chi connectivity index (χ1v) is 9.46. The van der Waals surface area contributed by atoms with Gasteiger partial charge in [-0.05, 0) is 31.0 Å². The van der Waals surface area contributed by atoms with Gasteiger partial charge in [0.05, 0.1) is 5.25 Å². The molecule has 1 amide bonds. The molecule has 3 rings (SSSR count). The van der Waals surface area contributed by atoms with E-state index in [-0.39, 0.29) is 11.2 Å². The summed E-state index contributed by atoms with van der Waals surface area (Å²) in [5.74, 6) is 0.785. The molecule has 5 nitrogen and oxygen atoms in total. The Kier molecular flexibility index (Phi) is 5.73. The molecule has 26 heavy (non-hydrogen) atoms. The highest BCUT2D eigenvalue weighted by atomic mass is 32.2. The maximum absolute atomic E-state index is 12.6. The molecule has 0 saturated carbocycles. The quantitative estimate of drug-likeness (QED) is 0.661. The Morgan fingerprint density at radius 3 is 2.50 bits per heavy atom. The number of nitrogens with zero attached hydrogens (tertiary/aromatic N) is 3. The third kappa shape index (κ3) is 3.96. The molecule has 134 valence electrons. The van der Waals surface area contributed by atoms with Crippen LogP contribution in [0.4, 0.5) is 5.69 Å². The highest BCUT2D eigenvalue weighted by molar-refractivity contribution is 8.00. The van der Waals surface area contributed by atoms with Crippen molar-refractivity contribution in [3.05, 3.63) is 60.2 Å². The molecule has 0 spiro atoms. The van der Waals surface area contributed by atoms with Gasteiger partial charge in [0.2, 0.25) is 5.91 Å². The Morgan fingerprint density at radius 1 is 1.12 bits per heavy atom. The van der Waals surface area contributed by atoms with Crippen LogP contribution in [0.25, 0.3) is 11.4 Å².